The molecule has 0 radical (unpaired) electrons. The SMILES string of the molecule is CCC(Cc1cn(CC(=O)NC(C2CC2)C(C)(C)CO)nn1)C(=O)O. The smallest absolute Gasteiger partial charge is 0.306 e. The summed E-state index contributed by atoms with van der Waals surface area (Å²) in [6.07, 6.45) is 4.57. The minimum atomic E-state index is -0.853. The first-order valence-corrected chi connectivity index (χ1v) is 8.78. The van der Waals surface area contributed by atoms with Gasteiger partial charge in [0, 0.05) is 24.1 Å². The van der Waals surface area contributed by atoms with E-state index in [0.717, 1.165) is 12.8 Å². The maximum Gasteiger partial charge on any atom is 0.306 e. The van der Waals surface area contributed by atoms with E-state index in [1.807, 2.05) is 20.8 Å². The van der Waals surface area contributed by atoms with Crippen molar-refractivity contribution in [2.24, 2.45) is 17.3 Å². The van der Waals surface area contributed by atoms with Gasteiger partial charge in [0.15, 0.2) is 0 Å². The number of carboxylic acid groups (broad SMARTS) is 1. The van der Waals surface area contributed by atoms with Crippen LogP contribution in [-0.2, 0) is 22.6 Å². The van der Waals surface area contributed by atoms with Crippen molar-refractivity contribution < 1.29 is 19.8 Å². The average molecular weight is 352 g/mol. The Morgan fingerprint density at radius 3 is 2.64 bits per heavy atom. The number of aliphatic carboxylic acids is 1. The number of aliphatic hydroxyl groups is 1. The molecule has 1 aliphatic rings. The fraction of sp³-hybridized carbons (Fsp3) is 0.765. The molecule has 2 atom stereocenters. The predicted octanol–water partition coefficient (Wildman–Crippen LogP) is 0.845. The van der Waals surface area contributed by atoms with Gasteiger partial charge in [-0.3, -0.25) is 9.59 Å². The van der Waals surface area contributed by atoms with Gasteiger partial charge >= 0.3 is 5.97 Å². The zero-order chi connectivity index (χ0) is 18.6. The number of nitrogens with zero attached hydrogens (tertiary/aromatic N) is 3. The highest BCUT2D eigenvalue weighted by atomic mass is 16.4. The molecule has 0 spiro atoms. The molecule has 1 heterocycles. The molecule has 8 nitrogen and oxygen atoms in total. The minimum Gasteiger partial charge on any atom is -0.481 e. The van der Waals surface area contributed by atoms with Crippen LogP contribution in [0, 0.1) is 17.3 Å². The lowest BCUT2D eigenvalue weighted by molar-refractivity contribution is -0.141. The number of aromatic nitrogens is 3. The summed E-state index contributed by atoms with van der Waals surface area (Å²) in [5.41, 5.74) is 0.191. The Hall–Kier alpha value is -1.96. The third-order valence-corrected chi connectivity index (χ3v) is 4.85. The number of hydrogen-bond acceptors (Lipinski definition) is 5. The third kappa shape index (κ3) is 5.26. The van der Waals surface area contributed by atoms with Gasteiger partial charge in [0.25, 0.3) is 0 Å². The molecule has 1 aromatic heterocycles. The molecule has 0 aliphatic heterocycles. The van der Waals surface area contributed by atoms with E-state index in [4.69, 9.17) is 5.11 Å². The first-order chi connectivity index (χ1) is 11.8. The monoisotopic (exact) mass is 352 g/mol. The van der Waals surface area contributed by atoms with Crippen LogP contribution in [0.2, 0.25) is 0 Å². The Morgan fingerprint density at radius 2 is 2.12 bits per heavy atom. The molecular formula is C17H28N4O4. The van der Waals surface area contributed by atoms with Crippen LogP contribution in [0.15, 0.2) is 6.20 Å². The number of nitrogens with one attached hydrogen (secondary N) is 1. The van der Waals surface area contributed by atoms with E-state index in [2.05, 4.69) is 15.6 Å². The van der Waals surface area contributed by atoms with Crippen molar-refractivity contribution in [3.05, 3.63) is 11.9 Å². The Balaban J connectivity index is 1.93. The number of carboxylic acids is 1. The van der Waals surface area contributed by atoms with Gasteiger partial charge < -0.3 is 15.5 Å². The van der Waals surface area contributed by atoms with Crippen LogP contribution >= 0.6 is 0 Å². The Labute approximate surface area is 147 Å². The standard InChI is InChI=1S/C17H28N4O4/c1-4-11(16(24)25)7-13-8-21(20-19-13)9-14(23)18-15(12-5-6-12)17(2,3)10-22/h8,11-12,15,22H,4-7,9-10H2,1-3H3,(H,18,23)(H,24,25). The second-order valence-electron chi connectivity index (χ2n) is 7.58. The van der Waals surface area contributed by atoms with Crippen LogP contribution in [0.5, 0.6) is 0 Å². The molecule has 2 unspecified atom stereocenters. The van der Waals surface area contributed by atoms with Crippen molar-refractivity contribution in [1.29, 1.82) is 0 Å². The van der Waals surface area contributed by atoms with Crippen LogP contribution < -0.4 is 5.32 Å². The van der Waals surface area contributed by atoms with Crippen LogP contribution in [0.1, 0.15) is 45.7 Å². The van der Waals surface area contributed by atoms with Crippen molar-refractivity contribution in [2.45, 2.75) is 59.0 Å². The van der Waals surface area contributed by atoms with Gasteiger partial charge in [-0.2, -0.15) is 0 Å². The van der Waals surface area contributed by atoms with E-state index in [-0.39, 0.29) is 30.5 Å². The van der Waals surface area contributed by atoms with Gasteiger partial charge in [-0.05, 0) is 25.2 Å². The predicted molar refractivity (Wildman–Crippen MR) is 90.7 cm³/mol. The lowest BCUT2D eigenvalue weighted by atomic mass is 9.82. The van der Waals surface area contributed by atoms with Gasteiger partial charge in [0.1, 0.15) is 6.54 Å². The first kappa shape index (κ1) is 19.4. The Morgan fingerprint density at radius 1 is 1.44 bits per heavy atom. The van der Waals surface area contributed by atoms with E-state index in [9.17, 15) is 14.7 Å². The van der Waals surface area contributed by atoms with Gasteiger partial charge in [-0.25, -0.2) is 4.68 Å². The molecule has 1 fully saturated rings. The van der Waals surface area contributed by atoms with Crippen LogP contribution in [-0.4, -0.2) is 49.7 Å². The van der Waals surface area contributed by atoms with Crippen LogP contribution in [0.4, 0.5) is 0 Å². The summed E-state index contributed by atoms with van der Waals surface area (Å²) >= 11 is 0. The van der Waals surface area contributed by atoms with Crippen molar-refractivity contribution in [3.8, 4) is 0 Å². The quantitative estimate of drug-likeness (QED) is 0.574. The van der Waals surface area contributed by atoms with Crippen molar-refractivity contribution in [3.63, 3.8) is 0 Å². The van der Waals surface area contributed by atoms with Crippen molar-refractivity contribution in [2.75, 3.05) is 6.61 Å². The number of carbonyl (C=O) groups is 2. The summed E-state index contributed by atoms with van der Waals surface area (Å²) in [6, 6.07) is -0.0653. The van der Waals surface area contributed by atoms with Crippen LogP contribution in [0.25, 0.3) is 0 Å². The summed E-state index contributed by atoms with van der Waals surface area (Å²) in [4.78, 5) is 23.4. The summed E-state index contributed by atoms with van der Waals surface area (Å²) in [7, 11) is 0. The summed E-state index contributed by atoms with van der Waals surface area (Å²) < 4.78 is 1.43. The number of aliphatic hydroxyl groups excluding tert-OH is 1. The molecule has 140 valence electrons. The minimum absolute atomic E-state index is 0.00944. The fourth-order valence-corrected chi connectivity index (χ4v) is 3.01. The fourth-order valence-electron chi connectivity index (χ4n) is 3.01. The summed E-state index contributed by atoms with van der Waals surface area (Å²) in [6.45, 7) is 5.75. The highest BCUT2D eigenvalue weighted by Gasteiger charge is 2.41. The van der Waals surface area contributed by atoms with Gasteiger partial charge in [-0.1, -0.05) is 26.0 Å². The highest BCUT2D eigenvalue weighted by Crippen LogP contribution is 2.40. The maximum atomic E-state index is 12.3. The molecule has 1 amide bonds. The van der Waals surface area contributed by atoms with E-state index in [1.165, 1.54) is 4.68 Å². The zero-order valence-electron chi connectivity index (χ0n) is 15.1. The highest BCUT2D eigenvalue weighted by molar-refractivity contribution is 5.76. The molecule has 3 N–H and O–H groups in total. The number of carbonyl (C=O) groups excluding carboxylic acids is 1. The topological polar surface area (TPSA) is 117 Å². The normalized spacial score (nSPS) is 17.1. The number of hydrogen-bond donors (Lipinski definition) is 3. The van der Waals surface area contributed by atoms with E-state index >= 15 is 0 Å². The van der Waals surface area contributed by atoms with Crippen molar-refractivity contribution >= 4 is 11.9 Å². The lowest BCUT2D eigenvalue weighted by Crippen LogP contribution is -2.49. The zero-order valence-corrected chi connectivity index (χ0v) is 15.1. The molecule has 0 aromatic carbocycles. The van der Waals surface area contributed by atoms with E-state index in [1.54, 1.807) is 6.20 Å². The first-order valence-electron chi connectivity index (χ1n) is 8.78. The van der Waals surface area contributed by atoms with E-state index < -0.39 is 11.9 Å². The molecule has 1 aliphatic carbocycles. The lowest BCUT2D eigenvalue weighted by Gasteiger charge is -2.33. The second-order valence-corrected chi connectivity index (χ2v) is 7.58. The second kappa shape index (κ2) is 7.95. The van der Waals surface area contributed by atoms with Crippen molar-refractivity contribution in [1.82, 2.24) is 20.3 Å². The Kier molecular flexibility index (Phi) is 6.16. The number of amides is 1. The third-order valence-electron chi connectivity index (χ3n) is 4.85. The maximum absolute atomic E-state index is 12.3. The molecule has 2 rings (SSSR count). The van der Waals surface area contributed by atoms with E-state index in [0.29, 0.717) is 24.5 Å². The number of rotatable bonds is 10. The summed E-state index contributed by atoms with van der Waals surface area (Å²) in [5.74, 6) is -1.12. The molecule has 1 aromatic rings. The van der Waals surface area contributed by atoms with Gasteiger partial charge in [0.2, 0.25) is 5.91 Å². The van der Waals surface area contributed by atoms with Gasteiger partial charge in [0.05, 0.1) is 18.2 Å². The molecule has 8 heteroatoms. The molecule has 0 bridgehead atoms. The average Bonchev–Trinajstić information content (AvgIpc) is 3.30. The summed E-state index contributed by atoms with van der Waals surface area (Å²) in [5, 5.41) is 29.6. The molecule has 1 saturated carbocycles. The largest absolute Gasteiger partial charge is 0.481 e. The molecule has 25 heavy (non-hydrogen) atoms. The molecule has 0 saturated heterocycles. The molecular weight excluding hydrogens is 324 g/mol. The van der Waals surface area contributed by atoms with Crippen LogP contribution in [0.3, 0.4) is 0 Å². The van der Waals surface area contributed by atoms with Gasteiger partial charge in [-0.15, -0.1) is 5.10 Å². The Bertz CT molecular complexity index is 610.